The molecule has 1 aromatic heterocycles. The van der Waals surface area contributed by atoms with E-state index < -0.39 is 0 Å². The third-order valence-corrected chi connectivity index (χ3v) is 2.80. The molecule has 7 heteroatoms. The zero-order valence-corrected chi connectivity index (χ0v) is 13.0. The van der Waals surface area contributed by atoms with Gasteiger partial charge in [0, 0.05) is 20.7 Å². The Bertz CT molecular complexity index is 402. The first-order valence-corrected chi connectivity index (χ1v) is 6.98. The lowest BCUT2D eigenvalue weighted by Crippen LogP contribution is -2.37. The van der Waals surface area contributed by atoms with E-state index in [0.717, 1.165) is 13.0 Å². The highest BCUT2D eigenvalue weighted by Gasteiger charge is 2.18. The molecular formula is C13H25N5O2. The molecule has 1 atom stereocenters. The first-order chi connectivity index (χ1) is 9.65. The molecule has 1 unspecified atom stereocenters. The zero-order chi connectivity index (χ0) is 15.0. The van der Waals surface area contributed by atoms with Crippen LogP contribution in [-0.2, 0) is 4.74 Å². The number of likely N-dealkylation sites (N-methyl/N-ethyl adjacent to an activating group) is 1. The molecule has 0 aliphatic rings. The maximum Gasteiger partial charge on any atom is 0.323 e. The predicted molar refractivity (Wildman–Crippen MR) is 79.5 cm³/mol. The maximum absolute atomic E-state index is 5.51. The molecule has 0 aromatic carbocycles. The van der Waals surface area contributed by atoms with E-state index in [4.69, 9.17) is 9.47 Å². The van der Waals surface area contributed by atoms with E-state index >= 15 is 0 Å². The van der Waals surface area contributed by atoms with Gasteiger partial charge in [0.25, 0.3) is 0 Å². The number of anilines is 2. The van der Waals surface area contributed by atoms with Gasteiger partial charge < -0.3 is 19.7 Å². The summed E-state index contributed by atoms with van der Waals surface area (Å²) >= 11 is 0. The molecule has 0 bridgehead atoms. The van der Waals surface area contributed by atoms with Crippen molar-refractivity contribution in [3.63, 3.8) is 0 Å². The van der Waals surface area contributed by atoms with Crippen LogP contribution >= 0.6 is 0 Å². The fourth-order valence-electron chi connectivity index (χ4n) is 1.83. The molecule has 0 amide bonds. The van der Waals surface area contributed by atoms with E-state index in [1.807, 2.05) is 6.92 Å². The number of hydrogen-bond acceptors (Lipinski definition) is 7. The van der Waals surface area contributed by atoms with Crippen molar-refractivity contribution in [3.8, 4) is 6.01 Å². The SMILES string of the molecule is CCCOc1nc(NC)nc(N(CC)C(C)COC)n1. The van der Waals surface area contributed by atoms with Crippen molar-refractivity contribution in [2.45, 2.75) is 33.2 Å². The van der Waals surface area contributed by atoms with E-state index in [1.165, 1.54) is 0 Å². The Morgan fingerprint density at radius 1 is 1.25 bits per heavy atom. The van der Waals surface area contributed by atoms with Gasteiger partial charge >= 0.3 is 6.01 Å². The van der Waals surface area contributed by atoms with Crippen LogP contribution in [0.2, 0.25) is 0 Å². The van der Waals surface area contributed by atoms with E-state index in [2.05, 4.69) is 39.0 Å². The molecule has 114 valence electrons. The molecule has 7 nitrogen and oxygen atoms in total. The molecule has 20 heavy (non-hydrogen) atoms. The third kappa shape index (κ3) is 4.48. The highest BCUT2D eigenvalue weighted by Crippen LogP contribution is 2.17. The summed E-state index contributed by atoms with van der Waals surface area (Å²) in [6, 6.07) is 0.528. The standard InChI is InChI=1S/C13H25N5O2/c1-6-8-20-13-16-11(14-4)15-12(17-13)18(7-2)10(3)9-19-5/h10H,6-9H2,1-5H3,(H,14,15,16,17). The van der Waals surface area contributed by atoms with Crippen LogP contribution in [0, 0.1) is 0 Å². The molecular weight excluding hydrogens is 258 g/mol. The molecule has 0 radical (unpaired) electrons. The molecule has 1 N–H and O–H groups in total. The van der Waals surface area contributed by atoms with Gasteiger partial charge in [-0.15, -0.1) is 0 Å². The van der Waals surface area contributed by atoms with Crippen LogP contribution in [0.5, 0.6) is 6.01 Å². The first kappa shape index (κ1) is 16.4. The zero-order valence-electron chi connectivity index (χ0n) is 13.0. The Balaban J connectivity index is 3.00. The van der Waals surface area contributed by atoms with Crippen LogP contribution < -0.4 is 15.0 Å². The molecule has 1 aromatic rings. The monoisotopic (exact) mass is 283 g/mol. The van der Waals surface area contributed by atoms with E-state index in [1.54, 1.807) is 14.2 Å². The Hall–Kier alpha value is -1.63. The van der Waals surface area contributed by atoms with Gasteiger partial charge in [-0.25, -0.2) is 0 Å². The Labute approximate surface area is 120 Å². The maximum atomic E-state index is 5.51. The van der Waals surface area contributed by atoms with Gasteiger partial charge in [0.05, 0.1) is 19.3 Å². The quantitative estimate of drug-likeness (QED) is 0.737. The van der Waals surface area contributed by atoms with E-state index in [9.17, 15) is 0 Å². The number of nitrogens with zero attached hydrogens (tertiary/aromatic N) is 4. The Morgan fingerprint density at radius 3 is 2.55 bits per heavy atom. The molecule has 0 spiro atoms. The summed E-state index contributed by atoms with van der Waals surface area (Å²) in [5.74, 6) is 1.10. The smallest absolute Gasteiger partial charge is 0.323 e. The Morgan fingerprint density at radius 2 is 2.00 bits per heavy atom. The second kappa shape index (κ2) is 8.52. The molecule has 0 saturated carbocycles. The van der Waals surface area contributed by atoms with Crippen molar-refractivity contribution in [3.05, 3.63) is 0 Å². The number of methoxy groups -OCH3 is 1. The number of ether oxygens (including phenoxy) is 2. The average molecular weight is 283 g/mol. The number of rotatable bonds is 9. The lowest BCUT2D eigenvalue weighted by Gasteiger charge is -2.27. The lowest BCUT2D eigenvalue weighted by atomic mass is 10.3. The van der Waals surface area contributed by atoms with Crippen LogP contribution in [0.4, 0.5) is 11.9 Å². The predicted octanol–water partition coefficient (Wildman–Crippen LogP) is 1.56. The summed E-state index contributed by atoms with van der Waals surface area (Å²) in [4.78, 5) is 15.0. The molecule has 1 heterocycles. The molecule has 0 saturated heterocycles. The van der Waals surface area contributed by atoms with Gasteiger partial charge in [-0.1, -0.05) is 6.92 Å². The van der Waals surface area contributed by atoms with Crippen molar-refractivity contribution in [1.29, 1.82) is 0 Å². The fourth-order valence-corrected chi connectivity index (χ4v) is 1.83. The summed E-state index contributed by atoms with van der Waals surface area (Å²) in [6.45, 7) is 8.15. The van der Waals surface area contributed by atoms with Crippen LogP contribution in [0.3, 0.4) is 0 Å². The summed E-state index contributed by atoms with van der Waals surface area (Å²) in [7, 11) is 3.46. The topological polar surface area (TPSA) is 72.4 Å². The minimum absolute atomic E-state index is 0.177. The first-order valence-electron chi connectivity index (χ1n) is 6.98. The normalized spacial score (nSPS) is 12.1. The highest BCUT2D eigenvalue weighted by molar-refractivity contribution is 5.38. The summed E-state index contributed by atoms with van der Waals surface area (Å²) in [6.07, 6.45) is 0.910. The summed E-state index contributed by atoms with van der Waals surface area (Å²) < 4.78 is 10.7. The number of nitrogens with one attached hydrogen (secondary N) is 1. The van der Waals surface area contributed by atoms with E-state index in [0.29, 0.717) is 31.1 Å². The van der Waals surface area contributed by atoms with Gasteiger partial charge in [0.1, 0.15) is 0 Å². The number of aromatic nitrogens is 3. The van der Waals surface area contributed by atoms with Gasteiger partial charge in [0.2, 0.25) is 11.9 Å². The summed E-state index contributed by atoms with van der Waals surface area (Å²) in [5, 5.41) is 2.93. The third-order valence-electron chi connectivity index (χ3n) is 2.80. The average Bonchev–Trinajstić information content (AvgIpc) is 2.46. The summed E-state index contributed by atoms with van der Waals surface area (Å²) in [5.41, 5.74) is 0. The van der Waals surface area contributed by atoms with E-state index in [-0.39, 0.29) is 6.04 Å². The highest BCUT2D eigenvalue weighted by atomic mass is 16.5. The van der Waals surface area contributed by atoms with Gasteiger partial charge in [0.15, 0.2) is 0 Å². The van der Waals surface area contributed by atoms with Gasteiger partial charge in [-0.2, -0.15) is 15.0 Å². The number of hydrogen-bond donors (Lipinski definition) is 1. The minimum atomic E-state index is 0.177. The van der Waals surface area contributed by atoms with Crippen molar-refractivity contribution in [1.82, 2.24) is 15.0 Å². The van der Waals surface area contributed by atoms with Crippen LogP contribution in [0.25, 0.3) is 0 Å². The molecule has 0 aliphatic heterocycles. The largest absolute Gasteiger partial charge is 0.463 e. The fraction of sp³-hybridized carbons (Fsp3) is 0.769. The van der Waals surface area contributed by atoms with Crippen molar-refractivity contribution in [2.24, 2.45) is 0 Å². The lowest BCUT2D eigenvalue weighted by molar-refractivity contribution is 0.181. The van der Waals surface area contributed by atoms with Crippen LogP contribution in [0.15, 0.2) is 0 Å². The second-order valence-electron chi connectivity index (χ2n) is 4.43. The molecule has 0 fully saturated rings. The van der Waals surface area contributed by atoms with Crippen molar-refractivity contribution in [2.75, 3.05) is 44.1 Å². The van der Waals surface area contributed by atoms with Crippen LogP contribution in [-0.4, -0.2) is 54.9 Å². The Kier molecular flexibility index (Phi) is 7.00. The van der Waals surface area contributed by atoms with Crippen molar-refractivity contribution >= 4 is 11.9 Å². The minimum Gasteiger partial charge on any atom is -0.463 e. The second-order valence-corrected chi connectivity index (χ2v) is 4.43. The van der Waals surface area contributed by atoms with Gasteiger partial charge in [-0.3, -0.25) is 0 Å². The van der Waals surface area contributed by atoms with Gasteiger partial charge in [-0.05, 0) is 20.3 Å². The van der Waals surface area contributed by atoms with Crippen LogP contribution in [0.1, 0.15) is 27.2 Å². The molecule has 0 aliphatic carbocycles. The van der Waals surface area contributed by atoms with Crippen molar-refractivity contribution < 1.29 is 9.47 Å². The molecule has 1 rings (SSSR count).